The Bertz CT molecular complexity index is 302. The number of hydrogen-bond donors (Lipinski definition) is 0. The first-order valence-electron chi connectivity index (χ1n) is 7.83. The molecule has 1 saturated carbocycles. The molecule has 1 aliphatic rings. The summed E-state index contributed by atoms with van der Waals surface area (Å²) in [6.07, 6.45) is 4.48. The normalized spacial score (nSPS) is 23.8. The van der Waals surface area contributed by atoms with Crippen LogP contribution >= 0.6 is 0 Å². The molecule has 4 heteroatoms. The van der Waals surface area contributed by atoms with Crippen LogP contribution in [0.25, 0.3) is 0 Å². The van der Waals surface area contributed by atoms with Crippen LogP contribution in [0.2, 0.25) is 0 Å². The summed E-state index contributed by atoms with van der Waals surface area (Å²) in [5.74, 6) is 0.792. The molecule has 0 aliphatic heterocycles. The molecule has 1 rings (SSSR count). The standard InChI is InChI=1S/C16H32N2O2/c1-13-7-9-14(10-8-13)18(12-11-17(5)6)15(19)20-16(2,3)4/h13-14H,7-12H2,1-6H3/t13-,14-. The van der Waals surface area contributed by atoms with Gasteiger partial charge < -0.3 is 14.5 Å². The van der Waals surface area contributed by atoms with Gasteiger partial charge in [0.2, 0.25) is 0 Å². The Hall–Kier alpha value is -0.770. The molecule has 1 amide bonds. The Morgan fingerprint density at radius 2 is 1.65 bits per heavy atom. The lowest BCUT2D eigenvalue weighted by molar-refractivity contribution is 0.00936. The summed E-state index contributed by atoms with van der Waals surface area (Å²) in [6, 6.07) is 0.348. The van der Waals surface area contributed by atoms with Crippen LogP contribution in [0.4, 0.5) is 4.79 Å². The highest BCUT2D eigenvalue weighted by molar-refractivity contribution is 5.68. The van der Waals surface area contributed by atoms with E-state index in [1.165, 1.54) is 12.8 Å². The monoisotopic (exact) mass is 284 g/mol. The van der Waals surface area contributed by atoms with E-state index < -0.39 is 5.60 Å². The lowest BCUT2D eigenvalue weighted by atomic mass is 9.86. The second kappa shape index (κ2) is 7.30. The molecule has 0 aromatic heterocycles. The van der Waals surface area contributed by atoms with Gasteiger partial charge >= 0.3 is 6.09 Å². The zero-order chi connectivity index (χ0) is 15.3. The van der Waals surface area contributed by atoms with Crippen LogP contribution in [-0.4, -0.2) is 54.7 Å². The molecule has 0 saturated heterocycles. The summed E-state index contributed by atoms with van der Waals surface area (Å²) < 4.78 is 5.58. The van der Waals surface area contributed by atoms with Crippen molar-refractivity contribution >= 4 is 6.09 Å². The van der Waals surface area contributed by atoms with Crippen molar-refractivity contribution in [1.29, 1.82) is 0 Å². The van der Waals surface area contributed by atoms with Gasteiger partial charge in [-0.15, -0.1) is 0 Å². The second-order valence-electron chi connectivity index (χ2n) is 7.39. The Balaban J connectivity index is 2.66. The van der Waals surface area contributed by atoms with Gasteiger partial charge in [0.25, 0.3) is 0 Å². The smallest absolute Gasteiger partial charge is 0.410 e. The first kappa shape index (κ1) is 17.3. The quantitative estimate of drug-likeness (QED) is 0.793. The third kappa shape index (κ3) is 6.12. The van der Waals surface area contributed by atoms with Crippen molar-refractivity contribution in [2.45, 2.75) is 65.0 Å². The Morgan fingerprint density at radius 1 is 1.10 bits per heavy atom. The van der Waals surface area contributed by atoms with Crippen LogP contribution in [0.3, 0.4) is 0 Å². The molecule has 1 aliphatic carbocycles. The van der Waals surface area contributed by atoms with Gasteiger partial charge in [-0.25, -0.2) is 4.79 Å². The summed E-state index contributed by atoms with van der Waals surface area (Å²) in [4.78, 5) is 16.5. The molecule has 118 valence electrons. The van der Waals surface area contributed by atoms with Gasteiger partial charge in [0.15, 0.2) is 0 Å². The van der Waals surface area contributed by atoms with E-state index in [0.717, 1.165) is 31.8 Å². The maximum atomic E-state index is 12.4. The predicted octanol–water partition coefficient (Wildman–Crippen LogP) is 3.36. The van der Waals surface area contributed by atoms with Crippen LogP contribution in [0, 0.1) is 5.92 Å². The van der Waals surface area contributed by atoms with Crippen LogP contribution in [0.15, 0.2) is 0 Å². The van der Waals surface area contributed by atoms with E-state index in [2.05, 4.69) is 11.8 Å². The first-order valence-corrected chi connectivity index (χ1v) is 7.83. The maximum Gasteiger partial charge on any atom is 0.410 e. The third-order valence-corrected chi connectivity index (χ3v) is 3.84. The highest BCUT2D eigenvalue weighted by atomic mass is 16.6. The van der Waals surface area contributed by atoms with Crippen molar-refractivity contribution in [3.05, 3.63) is 0 Å². The average Bonchev–Trinajstić information content (AvgIpc) is 2.29. The van der Waals surface area contributed by atoms with Gasteiger partial charge in [0.1, 0.15) is 5.60 Å². The van der Waals surface area contributed by atoms with Crippen molar-refractivity contribution in [3.8, 4) is 0 Å². The fourth-order valence-corrected chi connectivity index (χ4v) is 2.61. The lowest BCUT2D eigenvalue weighted by Gasteiger charge is -2.37. The van der Waals surface area contributed by atoms with Crippen molar-refractivity contribution in [2.24, 2.45) is 5.92 Å². The molecule has 0 spiro atoms. The third-order valence-electron chi connectivity index (χ3n) is 3.84. The molecular formula is C16H32N2O2. The lowest BCUT2D eigenvalue weighted by Crippen LogP contribution is -2.47. The molecular weight excluding hydrogens is 252 g/mol. The minimum absolute atomic E-state index is 0.154. The second-order valence-corrected chi connectivity index (χ2v) is 7.39. The van der Waals surface area contributed by atoms with Gasteiger partial charge in [-0.3, -0.25) is 0 Å². The average molecular weight is 284 g/mol. The predicted molar refractivity (Wildman–Crippen MR) is 82.9 cm³/mol. The zero-order valence-corrected chi connectivity index (χ0v) is 14.1. The molecule has 0 atom stereocenters. The first-order chi connectivity index (χ1) is 9.19. The number of carbonyl (C=O) groups is 1. The van der Waals surface area contributed by atoms with Crippen molar-refractivity contribution in [2.75, 3.05) is 27.2 Å². The number of nitrogens with zero attached hydrogens (tertiary/aromatic N) is 2. The fourth-order valence-electron chi connectivity index (χ4n) is 2.61. The van der Waals surface area contributed by atoms with Gasteiger partial charge in [-0.05, 0) is 66.5 Å². The molecule has 0 bridgehead atoms. The maximum absolute atomic E-state index is 12.4. The number of ether oxygens (including phenoxy) is 1. The van der Waals surface area contributed by atoms with Crippen molar-refractivity contribution in [1.82, 2.24) is 9.80 Å². The Morgan fingerprint density at radius 3 is 2.10 bits per heavy atom. The van der Waals surface area contributed by atoms with E-state index in [-0.39, 0.29) is 6.09 Å². The van der Waals surface area contributed by atoms with E-state index in [9.17, 15) is 4.79 Å². The number of carbonyl (C=O) groups excluding carboxylic acids is 1. The molecule has 1 fully saturated rings. The highest BCUT2D eigenvalue weighted by Crippen LogP contribution is 2.28. The van der Waals surface area contributed by atoms with E-state index >= 15 is 0 Å². The molecule has 4 nitrogen and oxygen atoms in total. The molecule has 0 radical (unpaired) electrons. The van der Waals surface area contributed by atoms with E-state index in [1.807, 2.05) is 39.8 Å². The van der Waals surface area contributed by atoms with Gasteiger partial charge in [0, 0.05) is 19.1 Å². The molecule has 0 N–H and O–H groups in total. The Kier molecular flexibility index (Phi) is 6.31. The summed E-state index contributed by atoms with van der Waals surface area (Å²) in [6.45, 7) is 9.72. The van der Waals surface area contributed by atoms with E-state index in [0.29, 0.717) is 6.04 Å². The van der Waals surface area contributed by atoms with Crippen molar-refractivity contribution in [3.63, 3.8) is 0 Å². The van der Waals surface area contributed by atoms with E-state index in [4.69, 9.17) is 4.74 Å². The number of amides is 1. The van der Waals surface area contributed by atoms with Crippen molar-refractivity contribution < 1.29 is 9.53 Å². The largest absolute Gasteiger partial charge is 0.444 e. The molecule has 0 aromatic rings. The van der Waals surface area contributed by atoms with Crippen LogP contribution in [0.1, 0.15) is 53.4 Å². The van der Waals surface area contributed by atoms with Crippen LogP contribution in [-0.2, 0) is 4.74 Å². The number of rotatable bonds is 4. The highest BCUT2D eigenvalue weighted by Gasteiger charge is 2.30. The molecule has 0 unspecified atom stereocenters. The van der Waals surface area contributed by atoms with E-state index in [1.54, 1.807) is 0 Å². The van der Waals surface area contributed by atoms with Crippen LogP contribution < -0.4 is 0 Å². The minimum Gasteiger partial charge on any atom is -0.444 e. The summed E-state index contributed by atoms with van der Waals surface area (Å²) in [5, 5.41) is 0. The Labute approximate surface area is 124 Å². The molecule has 20 heavy (non-hydrogen) atoms. The van der Waals surface area contributed by atoms with Gasteiger partial charge in [-0.1, -0.05) is 6.92 Å². The SMILES string of the molecule is CN(C)CCN(C(=O)OC(C)(C)C)[C@H]1CC[C@H](C)CC1. The number of hydrogen-bond acceptors (Lipinski definition) is 3. The number of likely N-dealkylation sites (N-methyl/N-ethyl adjacent to an activating group) is 1. The summed E-state index contributed by atoms with van der Waals surface area (Å²) in [7, 11) is 4.08. The van der Waals surface area contributed by atoms with Gasteiger partial charge in [-0.2, -0.15) is 0 Å². The fraction of sp³-hybridized carbons (Fsp3) is 0.938. The topological polar surface area (TPSA) is 32.8 Å². The minimum atomic E-state index is -0.421. The zero-order valence-electron chi connectivity index (χ0n) is 14.1. The molecule has 0 aromatic carbocycles. The van der Waals surface area contributed by atoms with Crippen LogP contribution in [0.5, 0.6) is 0 Å². The summed E-state index contributed by atoms with van der Waals surface area (Å²) in [5.41, 5.74) is -0.421. The molecule has 0 heterocycles. The summed E-state index contributed by atoms with van der Waals surface area (Å²) >= 11 is 0. The van der Waals surface area contributed by atoms with Gasteiger partial charge in [0.05, 0.1) is 0 Å².